The summed E-state index contributed by atoms with van der Waals surface area (Å²) in [6.07, 6.45) is 5.32. The molecule has 0 heterocycles. The molecule has 0 saturated heterocycles. The number of rotatable bonds is 3. The van der Waals surface area contributed by atoms with Gasteiger partial charge in [0.1, 0.15) is 0 Å². The Morgan fingerprint density at radius 2 is 1.65 bits per heavy atom. The molecule has 1 aliphatic carbocycles. The van der Waals surface area contributed by atoms with E-state index in [2.05, 4.69) is 60.7 Å². The van der Waals surface area contributed by atoms with Gasteiger partial charge >= 0.3 is 0 Å². The summed E-state index contributed by atoms with van der Waals surface area (Å²) in [5.41, 5.74) is 10.6. The molecule has 0 bridgehead atoms. The molecule has 0 saturated carbocycles. The summed E-state index contributed by atoms with van der Waals surface area (Å²) in [5.74, 6) is 0. The summed E-state index contributed by atoms with van der Waals surface area (Å²) in [6.45, 7) is 1.14. The lowest BCUT2D eigenvalue weighted by atomic mass is 9.91. The lowest BCUT2D eigenvalue weighted by molar-refractivity contribution is 0.0583. The van der Waals surface area contributed by atoms with Crippen molar-refractivity contribution in [3.63, 3.8) is 0 Å². The quantitative estimate of drug-likeness (QED) is 0.922. The monoisotopic (exact) mass is 265 g/mol. The van der Waals surface area contributed by atoms with Gasteiger partial charge in [-0.25, -0.2) is 0 Å². The molecule has 1 unspecified atom stereocenters. The third kappa shape index (κ3) is 2.67. The third-order valence-electron chi connectivity index (χ3n) is 3.68. The fraction of sp³-hybridized carbons (Fsp3) is 0.222. The maximum Gasteiger partial charge on any atom is 0.0871 e. The Bertz CT molecular complexity index is 618. The van der Waals surface area contributed by atoms with Crippen LogP contribution in [0.5, 0.6) is 0 Å². The first-order valence-electron chi connectivity index (χ1n) is 7.05. The summed E-state index contributed by atoms with van der Waals surface area (Å²) >= 11 is 0. The first-order chi connectivity index (χ1) is 9.88. The highest BCUT2D eigenvalue weighted by Gasteiger charge is 2.18. The van der Waals surface area contributed by atoms with Crippen LogP contribution in [0, 0.1) is 0 Å². The maximum atomic E-state index is 5.99. The largest absolute Gasteiger partial charge is 0.372 e. The molecule has 0 spiro atoms. The average Bonchev–Trinajstić information content (AvgIpc) is 2.48. The van der Waals surface area contributed by atoms with Gasteiger partial charge in [-0.15, -0.1) is 0 Å². The average molecular weight is 265 g/mol. The van der Waals surface area contributed by atoms with Crippen LogP contribution in [0.25, 0.3) is 12.2 Å². The van der Waals surface area contributed by atoms with Crippen LogP contribution in [0.3, 0.4) is 0 Å². The summed E-state index contributed by atoms with van der Waals surface area (Å²) in [6, 6.07) is 16.9. The van der Waals surface area contributed by atoms with Gasteiger partial charge < -0.3 is 10.5 Å². The molecule has 102 valence electrons. The van der Waals surface area contributed by atoms with Gasteiger partial charge in [-0.3, -0.25) is 0 Å². The van der Waals surface area contributed by atoms with Gasteiger partial charge in [0, 0.05) is 13.0 Å². The van der Waals surface area contributed by atoms with E-state index in [0.717, 1.165) is 6.42 Å². The van der Waals surface area contributed by atoms with E-state index >= 15 is 0 Å². The molecule has 2 N–H and O–H groups in total. The minimum absolute atomic E-state index is 0.0702. The van der Waals surface area contributed by atoms with E-state index in [9.17, 15) is 0 Å². The van der Waals surface area contributed by atoms with Crippen molar-refractivity contribution in [2.75, 3.05) is 13.2 Å². The predicted octanol–water partition coefficient (Wildman–Crippen LogP) is 3.43. The molecule has 0 radical (unpaired) electrons. The first-order valence-corrected chi connectivity index (χ1v) is 7.05. The number of benzene rings is 2. The van der Waals surface area contributed by atoms with Crippen LogP contribution < -0.4 is 5.73 Å². The number of nitrogens with two attached hydrogens (primary N) is 1. The molecule has 2 nitrogen and oxygen atoms in total. The van der Waals surface area contributed by atoms with Crippen LogP contribution in [0.4, 0.5) is 0 Å². The maximum absolute atomic E-state index is 5.99. The standard InChI is InChI=1S/C18H19NO/c19-11-12-20-18-13-16-7-2-1-5-14(16)9-10-15-6-3-4-8-17(15)18/h1-10,18H,11-13,19H2/b10-9-. The Morgan fingerprint density at radius 1 is 0.950 bits per heavy atom. The van der Waals surface area contributed by atoms with Crippen LogP contribution in [-0.2, 0) is 11.2 Å². The number of hydrogen-bond donors (Lipinski definition) is 1. The van der Waals surface area contributed by atoms with Crippen molar-refractivity contribution in [3.8, 4) is 0 Å². The minimum Gasteiger partial charge on any atom is -0.372 e. The Labute approximate surface area is 119 Å². The second kappa shape index (κ2) is 6.04. The molecule has 3 rings (SSSR count). The van der Waals surface area contributed by atoms with Gasteiger partial charge in [-0.1, -0.05) is 60.7 Å². The van der Waals surface area contributed by atoms with Gasteiger partial charge in [0.15, 0.2) is 0 Å². The van der Waals surface area contributed by atoms with Gasteiger partial charge in [0.25, 0.3) is 0 Å². The van der Waals surface area contributed by atoms with Gasteiger partial charge in [0.2, 0.25) is 0 Å². The molecule has 2 aromatic rings. The van der Waals surface area contributed by atoms with E-state index in [1.165, 1.54) is 22.3 Å². The zero-order chi connectivity index (χ0) is 13.8. The molecule has 0 aliphatic heterocycles. The van der Waals surface area contributed by atoms with E-state index in [-0.39, 0.29) is 6.10 Å². The highest BCUT2D eigenvalue weighted by atomic mass is 16.5. The van der Waals surface area contributed by atoms with Crippen molar-refractivity contribution in [3.05, 3.63) is 70.8 Å². The minimum atomic E-state index is 0.0702. The highest BCUT2D eigenvalue weighted by Crippen LogP contribution is 2.30. The second-order valence-corrected chi connectivity index (χ2v) is 5.01. The summed E-state index contributed by atoms with van der Waals surface area (Å²) in [5, 5.41) is 0. The Morgan fingerprint density at radius 3 is 2.50 bits per heavy atom. The van der Waals surface area contributed by atoms with E-state index in [0.29, 0.717) is 13.2 Å². The van der Waals surface area contributed by atoms with E-state index in [4.69, 9.17) is 10.5 Å². The van der Waals surface area contributed by atoms with E-state index < -0.39 is 0 Å². The SMILES string of the molecule is NCCOC1Cc2ccccc2/C=C\c2ccccc21. The lowest BCUT2D eigenvalue weighted by Gasteiger charge is -2.23. The van der Waals surface area contributed by atoms with Crippen LogP contribution >= 0.6 is 0 Å². The zero-order valence-corrected chi connectivity index (χ0v) is 11.5. The molecule has 0 amide bonds. The van der Waals surface area contributed by atoms with Crippen molar-refractivity contribution in [2.45, 2.75) is 12.5 Å². The molecule has 1 atom stereocenters. The highest BCUT2D eigenvalue weighted by molar-refractivity contribution is 5.73. The molecule has 0 fully saturated rings. The molecule has 20 heavy (non-hydrogen) atoms. The van der Waals surface area contributed by atoms with Crippen LogP contribution in [-0.4, -0.2) is 13.2 Å². The molecule has 2 aromatic carbocycles. The van der Waals surface area contributed by atoms with Crippen molar-refractivity contribution in [1.82, 2.24) is 0 Å². The molecular weight excluding hydrogens is 246 g/mol. The predicted molar refractivity (Wildman–Crippen MR) is 83.3 cm³/mol. The summed E-state index contributed by atoms with van der Waals surface area (Å²) < 4.78 is 5.99. The second-order valence-electron chi connectivity index (χ2n) is 5.01. The van der Waals surface area contributed by atoms with Crippen LogP contribution in [0.15, 0.2) is 48.5 Å². The van der Waals surface area contributed by atoms with E-state index in [1.54, 1.807) is 0 Å². The van der Waals surface area contributed by atoms with Gasteiger partial charge in [-0.05, 0) is 22.3 Å². The fourth-order valence-corrected chi connectivity index (χ4v) is 2.69. The van der Waals surface area contributed by atoms with Crippen molar-refractivity contribution < 1.29 is 4.74 Å². The van der Waals surface area contributed by atoms with Crippen molar-refractivity contribution in [1.29, 1.82) is 0 Å². The van der Waals surface area contributed by atoms with Gasteiger partial charge in [-0.2, -0.15) is 0 Å². The lowest BCUT2D eigenvalue weighted by Crippen LogP contribution is -2.16. The Balaban J connectivity index is 2.05. The van der Waals surface area contributed by atoms with Gasteiger partial charge in [0.05, 0.1) is 12.7 Å². The van der Waals surface area contributed by atoms with E-state index in [1.807, 2.05) is 0 Å². The van der Waals surface area contributed by atoms with Crippen molar-refractivity contribution in [2.24, 2.45) is 5.73 Å². The zero-order valence-electron chi connectivity index (χ0n) is 11.5. The number of fused-ring (bicyclic) bond motifs is 2. The number of hydrogen-bond acceptors (Lipinski definition) is 2. The van der Waals surface area contributed by atoms with Crippen LogP contribution in [0.1, 0.15) is 28.4 Å². The summed E-state index contributed by atoms with van der Waals surface area (Å²) in [4.78, 5) is 0. The summed E-state index contributed by atoms with van der Waals surface area (Å²) in [7, 11) is 0. The molecular formula is C18H19NO. The third-order valence-corrected chi connectivity index (χ3v) is 3.68. The number of ether oxygens (including phenoxy) is 1. The first kappa shape index (κ1) is 13.1. The normalized spacial score (nSPS) is 18.6. The smallest absolute Gasteiger partial charge is 0.0871 e. The van der Waals surface area contributed by atoms with Crippen molar-refractivity contribution >= 4 is 12.2 Å². The molecule has 0 aromatic heterocycles. The topological polar surface area (TPSA) is 35.2 Å². The Kier molecular flexibility index (Phi) is 3.95. The fourth-order valence-electron chi connectivity index (χ4n) is 2.69. The molecule has 1 aliphatic rings. The Hall–Kier alpha value is -1.90. The molecule has 2 heteroatoms. The van der Waals surface area contributed by atoms with Crippen LogP contribution in [0.2, 0.25) is 0 Å².